The third-order valence-electron chi connectivity index (χ3n) is 3.64. The third-order valence-corrected chi connectivity index (χ3v) is 3.64. The molecule has 2 aromatic rings. The Labute approximate surface area is 120 Å². The molecule has 1 aromatic carbocycles. The highest BCUT2D eigenvalue weighted by atomic mass is 16.1. The van der Waals surface area contributed by atoms with Crippen molar-refractivity contribution in [3.8, 4) is 0 Å². The lowest BCUT2D eigenvalue weighted by molar-refractivity contribution is 0.559. The van der Waals surface area contributed by atoms with E-state index in [-0.39, 0.29) is 11.6 Å². The molecule has 0 aliphatic heterocycles. The molecule has 0 saturated carbocycles. The smallest absolute Gasteiger partial charge is 0.253 e. The summed E-state index contributed by atoms with van der Waals surface area (Å²) in [4.78, 5) is 12.0. The maximum absolute atomic E-state index is 12.0. The van der Waals surface area contributed by atoms with Crippen LogP contribution in [0.15, 0.2) is 47.4 Å². The van der Waals surface area contributed by atoms with Crippen molar-refractivity contribution in [3.05, 3.63) is 69.6 Å². The van der Waals surface area contributed by atoms with Gasteiger partial charge in [-0.2, -0.15) is 0 Å². The minimum Gasteiger partial charge on any atom is -0.322 e. The number of aromatic nitrogens is 1. The zero-order valence-corrected chi connectivity index (χ0v) is 12.3. The van der Waals surface area contributed by atoms with Crippen LogP contribution in [0.5, 0.6) is 0 Å². The molecular formula is C17H22N2O. The number of hydrogen-bond donors (Lipinski definition) is 1. The molecule has 1 unspecified atom stereocenters. The molecule has 0 fully saturated rings. The molecule has 106 valence electrons. The molecular weight excluding hydrogens is 248 g/mol. The van der Waals surface area contributed by atoms with E-state index in [1.54, 1.807) is 10.8 Å². The van der Waals surface area contributed by atoms with Crippen LogP contribution in [0.25, 0.3) is 0 Å². The molecule has 0 amide bonds. The van der Waals surface area contributed by atoms with Crippen LogP contribution >= 0.6 is 0 Å². The van der Waals surface area contributed by atoms with E-state index in [0.29, 0.717) is 12.5 Å². The highest BCUT2D eigenvalue weighted by Gasteiger charge is 2.09. The van der Waals surface area contributed by atoms with E-state index in [0.717, 1.165) is 11.1 Å². The summed E-state index contributed by atoms with van der Waals surface area (Å²) in [5, 5.41) is 0. The van der Waals surface area contributed by atoms with Gasteiger partial charge in [-0.15, -0.1) is 0 Å². The topological polar surface area (TPSA) is 48.0 Å². The number of aryl methyl sites for hydroxylation is 1. The van der Waals surface area contributed by atoms with Crippen LogP contribution in [0.1, 0.15) is 42.5 Å². The van der Waals surface area contributed by atoms with E-state index in [9.17, 15) is 4.79 Å². The van der Waals surface area contributed by atoms with E-state index < -0.39 is 0 Å². The molecule has 0 bridgehead atoms. The van der Waals surface area contributed by atoms with Gasteiger partial charge >= 0.3 is 0 Å². The van der Waals surface area contributed by atoms with E-state index in [1.165, 1.54) is 5.56 Å². The second kappa shape index (κ2) is 6.06. The summed E-state index contributed by atoms with van der Waals surface area (Å²) in [6.45, 7) is 6.66. The molecule has 1 atom stereocenters. The Bertz CT molecular complexity index is 626. The Morgan fingerprint density at radius 2 is 1.70 bits per heavy atom. The zero-order chi connectivity index (χ0) is 14.7. The van der Waals surface area contributed by atoms with E-state index in [2.05, 4.69) is 38.1 Å². The van der Waals surface area contributed by atoms with Crippen molar-refractivity contribution >= 4 is 0 Å². The molecule has 1 aromatic heterocycles. The van der Waals surface area contributed by atoms with Crippen LogP contribution in [-0.2, 0) is 6.54 Å². The summed E-state index contributed by atoms with van der Waals surface area (Å²) in [5.74, 6) is 0.514. The second-order valence-electron chi connectivity index (χ2n) is 5.58. The summed E-state index contributed by atoms with van der Waals surface area (Å²) in [6, 6.07) is 11.9. The Balaban J connectivity index is 2.17. The number of benzene rings is 1. The molecule has 0 aliphatic rings. The molecule has 0 saturated heterocycles. The number of nitrogens with two attached hydrogens (primary N) is 1. The average molecular weight is 270 g/mol. The third kappa shape index (κ3) is 3.17. The molecule has 2 N–H and O–H groups in total. The minimum atomic E-state index is -0.171. The first-order valence-electron chi connectivity index (χ1n) is 7.00. The number of nitrogens with zero attached hydrogens (tertiary/aromatic N) is 1. The van der Waals surface area contributed by atoms with E-state index in [1.807, 2.05) is 19.1 Å². The zero-order valence-electron chi connectivity index (χ0n) is 12.3. The van der Waals surface area contributed by atoms with Crippen molar-refractivity contribution in [2.45, 2.75) is 39.3 Å². The van der Waals surface area contributed by atoms with Gasteiger partial charge < -0.3 is 10.3 Å². The Kier molecular flexibility index (Phi) is 4.40. The highest BCUT2D eigenvalue weighted by Crippen LogP contribution is 2.18. The van der Waals surface area contributed by atoms with Gasteiger partial charge in [-0.25, -0.2) is 0 Å². The van der Waals surface area contributed by atoms with E-state index >= 15 is 0 Å². The lowest BCUT2D eigenvalue weighted by Crippen LogP contribution is -2.27. The van der Waals surface area contributed by atoms with Crippen molar-refractivity contribution < 1.29 is 0 Å². The fourth-order valence-electron chi connectivity index (χ4n) is 2.25. The molecule has 0 spiro atoms. The lowest BCUT2D eigenvalue weighted by Gasteiger charge is -2.15. The summed E-state index contributed by atoms with van der Waals surface area (Å²) >= 11 is 0. The summed E-state index contributed by atoms with van der Waals surface area (Å²) in [5.41, 5.74) is 9.34. The van der Waals surface area contributed by atoms with Crippen molar-refractivity contribution in [2.75, 3.05) is 0 Å². The quantitative estimate of drug-likeness (QED) is 0.928. The minimum absolute atomic E-state index is 0.0294. The van der Waals surface area contributed by atoms with Gasteiger partial charge in [0.25, 0.3) is 5.56 Å². The normalized spacial score (nSPS) is 12.7. The SMILES string of the molecule is Cc1cccn(CC(N)c2ccc(C(C)C)cc2)c1=O. The first-order chi connectivity index (χ1) is 9.49. The second-order valence-corrected chi connectivity index (χ2v) is 5.58. The molecule has 20 heavy (non-hydrogen) atoms. The Hall–Kier alpha value is -1.87. The van der Waals surface area contributed by atoms with Crippen LogP contribution in [0.4, 0.5) is 0 Å². The van der Waals surface area contributed by atoms with Gasteiger partial charge in [0.05, 0.1) is 0 Å². The maximum Gasteiger partial charge on any atom is 0.253 e. The van der Waals surface area contributed by atoms with Gasteiger partial charge in [-0.3, -0.25) is 4.79 Å². The van der Waals surface area contributed by atoms with Gasteiger partial charge in [0.1, 0.15) is 0 Å². The first-order valence-corrected chi connectivity index (χ1v) is 7.00. The van der Waals surface area contributed by atoms with Crippen molar-refractivity contribution in [2.24, 2.45) is 5.73 Å². The Morgan fingerprint density at radius 1 is 1.10 bits per heavy atom. The van der Waals surface area contributed by atoms with Gasteiger partial charge in [-0.1, -0.05) is 44.2 Å². The fraction of sp³-hybridized carbons (Fsp3) is 0.353. The highest BCUT2D eigenvalue weighted by molar-refractivity contribution is 5.26. The summed E-state index contributed by atoms with van der Waals surface area (Å²) < 4.78 is 1.68. The predicted octanol–water partition coefficient (Wildman–Crippen LogP) is 2.98. The van der Waals surface area contributed by atoms with E-state index in [4.69, 9.17) is 5.73 Å². The van der Waals surface area contributed by atoms with Gasteiger partial charge in [0.2, 0.25) is 0 Å². The van der Waals surface area contributed by atoms with Crippen molar-refractivity contribution in [1.82, 2.24) is 4.57 Å². The van der Waals surface area contributed by atoms with Crippen LogP contribution in [0.2, 0.25) is 0 Å². The van der Waals surface area contributed by atoms with Crippen LogP contribution in [-0.4, -0.2) is 4.57 Å². The molecule has 3 nitrogen and oxygen atoms in total. The standard InChI is InChI=1S/C17H22N2O/c1-12(2)14-6-8-15(9-7-14)16(18)11-19-10-4-5-13(3)17(19)20/h4-10,12,16H,11,18H2,1-3H3. The summed E-state index contributed by atoms with van der Waals surface area (Å²) in [6.07, 6.45) is 1.79. The van der Waals surface area contributed by atoms with Crippen LogP contribution in [0, 0.1) is 6.92 Å². The number of hydrogen-bond acceptors (Lipinski definition) is 2. The lowest BCUT2D eigenvalue weighted by atomic mass is 9.99. The monoisotopic (exact) mass is 270 g/mol. The summed E-state index contributed by atoms with van der Waals surface area (Å²) in [7, 11) is 0. The van der Waals surface area contributed by atoms with Crippen molar-refractivity contribution in [3.63, 3.8) is 0 Å². The van der Waals surface area contributed by atoms with Crippen molar-refractivity contribution in [1.29, 1.82) is 0 Å². The Morgan fingerprint density at radius 3 is 2.30 bits per heavy atom. The number of pyridine rings is 1. The van der Waals surface area contributed by atoms with Crippen LogP contribution < -0.4 is 11.3 Å². The van der Waals surface area contributed by atoms with Crippen LogP contribution in [0.3, 0.4) is 0 Å². The maximum atomic E-state index is 12.0. The molecule has 0 radical (unpaired) electrons. The molecule has 0 aliphatic carbocycles. The largest absolute Gasteiger partial charge is 0.322 e. The molecule has 3 heteroatoms. The molecule has 2 rings (SSSR count). The fourth-order valence-corrected chi connectivity index (χ4v) is 2.25. The van der Waals surface area contributed by atoms with Gasteiger partial charge in [0.15, 0.2) is 0 Å². The predicted molar refractivity (Wildman–Crippen MR) is 82.9 cm³/mol. The van der Waals surface area contributed by atoms with Gasteiger partial charge in [-0.05, 0) is 30.0 Å². The first kappa shape index (κ1) is 14.5. The number of rotatable bonds is 4. The molecule has 1 heterocycles. The average Bonchev–Trinajstić information content (AvgIpc) is 2.44. The van der Waals surface area contributed by atoms with Gasteiger partial charge in [0, 0.05) is 24.3 Å².